The van der Waals surface area contributed by atoms with E-state index in [4.69, 9.17) is 11.6 Å². The molecule has 1 heterocycles. The van der Waals surface area contributed by atoms with Gasteiger partial charge in [0.15, 0.2) is 0 Å². The first-order valence-corrected chi connectivity index (χ1v) is 7.85. The molecule has 1 unspecified atom stereocenters. The molecule has 0 radical (unpaired) electrons. The van der Waals surface area contributed by atoms with Crippen LogP contribution in [0.4, 0.5) is 0 Å². The molecule has 1 fully saturated rings. The van der Waals surface area contributed by atoms with Crippen molar-refractivity contribution in [3.05, 3.63) is 28.8 Å². The fraction of sp³-hybridized carbons (Fsp3) is 0.571. The van der Waals surface area contributed by atoms with Gasteiger partial charge in [-0.3, -0.25) is 0 Å². The highest BCUT2D eigenvalue weighted by Crippen LogP contribution is 2.45. The number of rotatable bonds is 4. The summed E-state index contributed by atoms with van der Waals surface area (Å²) in [4.78, 5) is 1.34. The maximum atomic E-state index is 9.36. The third-order valence-corrected chi connectivity index (χ3v) is 5.39. The fourth-order valence-corrected chi connectivity index (χ4v) is 3.77. The van der Waals surface area contributed by atoms with Gasteiger partial charge in [0.1, 0.15) is 0 Å². The maximum absolute atomic E-state index is 9.36. The standard InChI is InChI=1S/C14H18ClNOS/c15-10-1-2-13-11(7-10)12(3-6-18-13)16-8-14(9-17)4-5-14/h1-2,7,12,16-17H,3-6,8-9H2. The van der Waals surface area contributed by atoms with Crippen LogP contribution in [0.3, 0.4) is 0 Å². The van der Waals surface area contributed by atoms with Crippen molar-refractivity contribution < 1.29 is 5.11 Å². The number of hydrogen-bond donors (Lipinski definition) is 2. The summed E-state index contributed by atoms with van der Waals surface area (Å²) in [6.07, 6.45) is 3.44. The molecule has 1 aliphatic carbocycles. The van der Waals surface area contributed by atoms with Gasteiger partial charge >= 0.3 is 0 Å². The van der Waals surface area contributed by atoms with Crippen LogP contribution in [0.25, 0.3) is 0 Å². The van der Waals surface area contributed by atoms with Crippen LogP contribution in [0.1, 0.15) is 30.9 Å². The number of hydrogen-bond acceptors (Lipinski definition) is 3. The quantitative estimate of drug-likeness (QED) is 0.890. The van der Waals surface area contributed by atoms with Crippen LogP contribution in [-0.4, -0.2) is 24.0 Å². The third kappa shape index (κ3) is 2.55. The summed E-state index contributed by atoms with van der Waals surface area (Å²) in [6.45, 7) is 1.23. The van der Waals surface area contributed by atoms with Crippen LogP contribution >= 0.6 is 23.4 Å². The van der Waals surface area contributed by atoms with E-state index in [1.165, 1.54) is 10.5 Å². The van der Waals surface area contributed by atoms with Gasteiger partial charge < -0.3 is 10.4 Å². The van der Waals surface area contributed by atoms with Crippen LogP contribution in [0.2, 0.25) is 5.02 Å². The van der Waals surface area contributed by atoms with E-state index >= 15 is 0 Å². The molecule has 2 N–H and O–H groups in total. The second kappa shape index (κ2) is 5.04. The molecular formula is C14H18ClNOS. The molecule has 1 atom stereocenters. The van der Waals surface area contributed by atoms with E-state index in [0.29, 0.717) is 12.6 Å². The van der Waals surface area contributed by atoms with E-state index in [2.05, 4.69) is 17.4 Å². The highest BCUT2D eigenvalue weighted by Gasteiger charge is 2.42. The zero-order chi connectivity index (χ0) is 12.6. The SMILES string of the molecule is OCC1(CNC2CCSc3ccc(Cl)cc32)CC1. The molecule has 1 aromatic carbocycles. The second-order valence-corrected chi connectivity index (χ2v) is 6.98. The number of thioether (sulfide) groups is 1. The van der Waals surface area contributed by atoms with Crippen LogP contribution in [0, 0.1) is 5.41 Å². The molecule has 3 rings (SSSR count). The van der Waals surface area contributed by atoms with Crippen molar-refractivity contribution in [2.24, 2.45) is 5.41 Å². The number of benzene rings is 1. The number of aliphatic hydroxyl groups is 1. The lowest BCUT2D eigenvalue weighted by molar-refractivity contribution is 0.203. The van der Waals surface area contributed by atoms with Gasteiger partial charge in [-0.2, -0.15) is 0 Å². The zero-order valence-corrected chi connectivity index (χ0v) is 11.9. The Morgan fingerprint density at radius 1 is 1.44 bits per heavy atom. The summed E-state index contributed by atoms with van der Waals surface area (Å²) in [5.74, 6) is 1.15. The molecule has 0 bridgehead atoms. The first-order chi connectivity index (χ1) is 8.72. The Labute approximate surface area is 117 Å². The Balaban J connectivity index is 1.72. The molecule has 0 aromatic heterocycles. The number of aliphatic hydroxyl groups excluding tert-OH is 1. The van der Waals surface area contributed by atoms with Crippen molar-refractivity contribution in [3.63, 3.8) is 0 Å². The van der Waals surface area contributed by atoms with Crippen LogP contribution < -0.4 is 5.32 Å². The van der Waals surface area contributed by atoms with Crippen LogP contribution in [0.5, 0.6) is 0 Å². The molecule has 2 nitrogen and oxygen atoms in total. The van der Waals surface area contributed by atoms with Gasteiger partial charge in [0.05, 0.1) is 0 Å². The van der Waals surface area contributed by atoms with E-state index in [9.17, 15) is 5.11 Å². The summed E-state index contributed by atoms with van der Waals surface area (Å²) in [6, 6.07) is 6.56. The van der Waals surface area contributed by atoms with Gasteiger partial charge in [0.25, 0.3) is 0 Å². The second-order valence-electron chi connectivity index (χ2n) is 5.41. The number of nitrogens with one attached hydrogen (secondary N) is 1. The molecule has 2 aliphatic rings. The molecule has 1 aliphatic heterocycles. The van der Waals surface area contributed by atoms with Gasteiger partial charge in [0.2, 0.25) is 0 Å². The predicted molar refractivity (Wildman–Crippen MR) is 76.3 cm³/mol. The third-order valence-electron chi connectivity index (χ3n) is 4.03. The monoisotopic (exact) mass is 283 g/mol. The largest absolute Gasteiger partial charge is 0.396 e. The zero-order valence-electron chi connectivity index (χ0n) is 10.3. The number of halogens is 1. The molecule has 98 valence electrons. The summed E-state index contributed by atoms with van der Waals surface area (Å²) < 4.78 is 0. The van der Waals surface area contributed by atoms with Crippen molar-refractivity contribution in [1.82, 2.24) is 5.32 Å². The minimum absolute atomic E-state index is 0.170. The Hall–Kier alpha value is -0.220. The Bertz CT molecular complexity index is 447. The van der Waals surface area contributed by atoms with Crippen molar-refractivity contribution >= 4 is 23.4 Å². The van der Waals surface area contributed by atoms with Crippen LogP contribution in [-0.2, 0) is 0 Å². The normalized spacial score (nSPS) is 24.7. The van der Waals surface area contributed by atoms with E-state index < -0.39 is 0 Å². The molecule has 18 heavy (non-hydrogen) atoms. The molecule has 4 heteroatoms. The Morgan fingerprint density at radius 3 is 3.00 bits per heavy atom. The lowest BCUT2D eigenvalue weighted by Gasteiger charge is -2.28. The van der Waals surface area contributed by atoms with Gasteiger partial charge in [-0.05, 0) is 48.8 Å². The molecule has 0 amide bonds. The minimum Gasteiger partial charge on any atom is -0.396 e. The van der Waals surface area contributed by atoms with E-state index in [0.717, 1.165) is 36.6 Å². The molecule has 1 saturated carbocycles. The lowest BCUT2D eigenvalue weighted by atomic mass is 10.0. The Morgan fingerprint density at radius 2 is 2.28 bits per heavy atom. The summed E-state index contributed by atoms with van der Waals surface area (Å²) >= 11 is 8.00. The van der Waals surface area contributed by atoms with Gasteiger partial charge in [-0.15, -0.1) is 11.8 Å². The number of fused-ring (bicyclic) bond motifs is 1. The predicted octanol–water partition coefficient (Wildman–Crippen LogP) is 3.24. The highest BCUT2D eigenvalue weighted by molar-refractivity contribution is 7.99. The molecule has 0 saturated heterocycles. The first kappa shape index (κ1) is 12.8. The van der Waals surface area contributed by atoms with Crippen molar-refractivity contribution in [2.45, 2.75) is 30.2 Å². The van der Waals surface area contributed by atoms with Crippen molar-refractivity contribution in [3.8, 4) is 0 Å². The maximum Gasteiger partial charge on any atom is 0.0499 e. The minimum atomic E-state index is 0.170. The Kier molecular flexibility index (Phi) is 3.59. The van der Waals surface area contributed by atoms with Crippen molar-refractivity contribution in [2.75, 3.05) is 18.9 Å². The van der Waals surface area contributed by atoms with E-state index in [-0.39, 0.29) is 5.41 Å². The van der Waals surface area contributed by atoms with E-state index in [1.54, 1.807) is 0 Å². The fourth-order valence-electron chi connectivity index (χ4n) is 2.48. The van der Waals surface area contributed by atoms with Gasteiger partial charge in [0, 0.05) is 34.5 Å². The smallest absolute Gasteiger partial charge is 0.0499 e. The van der Waals surface area contributed by atoms with Crippen LogP contribution in [0.15, 0.2) is 23.1 Å². The van der Waals surface area contributed by atoms with Gasteiger partial charge in [-0.25, -0.2) is 0 Å². The molecule has 1 aromatic rings. The van der Waals surface area contributed by atoms with Gasteiger partial charge in [-0.1, -0.05) is 11.6 Å². The molecule has 0 spiro atoms. The molecular weight excluding hydrogens is 266 g/mol. The average molecular weight is 284 g/mol. The first-order valence-electron chi connectivity index (χ1n) is 6.49. The summed E-state index contributed by atoms with van der Waals surface area (Å²) in [5, 5.41) is 13.8. The lowest BCUT2D eigenvalue weighted by Crippen LogP contribution is -2.31. The topological polar surface area (TPSA) is 32.3 Å². The summed E-state index contributed by atoms with van der Waals surface area (Å²) in [5.41, 5.74) is 1.50. The summed E-state index contributed by atoms with van der Waals surface area (Å²) in [7, 11) is 0. The van der Waals surface area contributed by atoms with Crippen molar-refractivity contribution in [1.29, 1.82) is 0 Å². The highest BCUT2D eigenvalue weighted by atomic mass is 35.5. The van der Waals surface area contributed by atoms with E-state index in [1.807, 2.05) is 17.8 Å². The average Bonchev–Trinajstić information content (AvgIpc) is 3.17.